The second-order valence-electron chi connectivity index (χ2n) is 38.5. The Morgan fingerprint density at radius 1 is 0.416 bits per heavy atom. The molecule has 0 radical (unpaired) electrons. The van der Waals surface area contributed by atoms with Crippen molar-refractivity contribution >= 4 is 148 Å². The summed E-state index contributed by atoms with van der Waals surface area (Å²) in [6.07, 6.45) is 3.18. The van der Waals surface area contributed by atoms with Gasteiger partial charge in [-0.3, -0.25) is 86.3 Å². The standard InChI is InChI=1S/C101H139N21O25S2/c1-54(2)39-66(85(130)111-71(42-59-25-14-10-15-26-59)98(143)121-36-21-32-79(121)94(139)109-70(46-81(127)128)89(134)112-72(43-60-27-16-11-17-28-60)99(144)120-35-20-31-78(120)93(138)108-67(41-58-23-12-9-13-24-58)86(131)113-73(101(146)147)40-55(3)4)106-90(135)74(49-123)114-91(136)75(50-124)115-92(137)77(52-148)117-95(140)80-33-22-37-122(80)100(145)76(51-125)116-88(133)69(45-62-48-103-53-105-62)107-87(132)68(44-61-47-104-65-30-19-18-29-63(61)65)110-97(142)83(57(7)126)119-96(141)82(56(5)6)118-84(129)64(102)34-38-149-8/h9-19,23-30,47-48,53-57,64,66-80,82-83,104,123-126,148H,20-22,31-46,49-52,102H2,1-8H3,(H,103,105)(H,106,135)(H,107,132)(H,108,138)(H,109,139)(H,110,142)(H,111,130)(H,112,134)(H,113,131)(H,114,136)(H,115,137)(H,116,133)(H,117,140)(H,118,129)(H,119,141)(H,127,128)(H,146,147)/t57-,64+,66+,67+,68+,69+,70+,71+,72+,73+,74+,75+,76+,77+,78+,79+,80+,82+,83+/m1/s1. The van der Waals surface area contributed by atoms with E-state index in [2.05, 4.69) is 102 Å². The first-order valence-electron chi connectivity index (χ1n) is 49.7. The molecule has 5 heterocycles. The minimum absolute atomic E-state index is 0.00850. The van der Waals surface area contributed by atoms with Gasteiger partial charge in [-0.15, -0.1) is 0 Å². The van der Waals surface area contributed by atoms with Crippen LogP contribution in [0.3, 0.4) is 0 Å². The molecule has 9 rings (SSSR count). The van der Waals surface area contributed by atoms with E-state index in [1.807, 2.05) is 6.26 Å². The molecule has 6 aromatic rings. The molecule has 0 aliphatic carbocycles. The number of hydrogen-bond acceptors (Lipinski definition) is 27. The van der Waals surface area contributed by atoms with E-state index in [9.17, 15) is 112 Å². The number of aliphatic carboxylic acids is 2. The lowest BCUT2D eigenvalue weighted by Crippen LogP contribution is -2.63. The number of carbonyl (C=O) groups is 19. The number of aliphatic hydroxyl groups is 4. The Kier molecular flexibility index (Phi) is 46.3. The summed E-state index contributed by atoms with van der Waals surface area (Å²) in [6.45, 7) is 7.80. The number of H-pyrrole nitrogens is 2. The number of carboxylic acid groups (broad SMARTS) is 2. The summed E-state index contributed by atoms with van der Waals surface area (Å²) in [6, 6.07) is 4.67. The molecule has 0 saturated carbocycles. The van der Waals surface area contributed by atoms with E-state index in [0.717, 1.165) is 9.80 Å². The predicted octanol–water partition coefficient (Wildman–Crippen LogP) is -3.16. The number of likely N-dealkylation sites (tertiary alicyclic amines) is 3. The van der Waals surface area contributed by atoms with Crippen LogP contribution in [0.1, 0.15) is 141 Å². The Balaban J connectivity index is 0.830. The van der Waals surface area contributed by atoms with E-state index < -0.39 is 271 Å². The Morgan fingerprint density at radius 3 is 1.23 bits per heavy atom. The van der Waals surface area contributed by atoms with Crippen LogP contribution in [0.25, 0.3) is 10.9 Å². The van der Waals surface area contributed by atoms with Gasteiger partial charge in [-0.2, -0.15) is 24.4 Å². The number of aliphatic hydroxyl groups excluding tert-OH is 4. The number of aromatic amines is 2. The van der Waals surface area contributed by atoms with Crippen LogP contribution in [0, 0.1) is 17.8 Å². The van der Waals surface area contributed by atoms with Gasteiger partial charge in [0.15, 0.2) is 0 Å². The molecular formula is C101H139N21O25S2. The minimum Gasteiger partial charge on any atom is -0.481 e. The molecule has 4 aromatic carbocycles. The van der Waals surface area contributed by atoms with Crippen LogP contribution in [0.5, 0.6) is 0 Å². The number of rotatable bonds is 57. The number of amides is 17. The summed E-state index contributed by atoms with van der Waals surface area (Å²) in [4.78, 5) is 284. The van der Waals surface area contributed by atoms with Crippen molar-refractivity contribution in [2.75, 3.05) is 57.2 Å². The Labute approximate surface area is 871 Å². The van der Waals surface area contributed by atoms with Crippen molar-refractivity contribution < 1.29 is 122 Å². The van der Waals surface area contributed by atoms with E-state index in [0.29, 0.717) is 45.3 Å². The fraction of sp³-hybridized carbons (Fsp3) is 0.525. The first-order chi connectivity index (χ1) is 71.0. The average Bonchev–Trinajstić information content (AvgIpc) is 1.76. The second kappa shape index (κ2) is 58.1. The quantitative estimate of drug-likeness (QED) is 0.0168. The Hall–Kier alpha value is -13.9. The average molecular weight is 2110 g/mol. The molecule has 3 saturated heterocycles. The van der Waals surface area contributed by atoms with E-state index >= 15 is 9.59 Å². The normalized spacial score (nSPS) is 17.7. The van der Waals surface area contributed by atoms with Gasteiger partial charge in [-0.25, -0.2) is 9.78 Å². The summed E-state index contributed by atoms with van der Waals surface area (Å²) in [5.74, 6) is -20.3. The van der Waals surface area contributed by atoms with Crippen LogP contribution in [0.2, 0.25) is 0 Å². The lowest BCUT2D eigenvalue weighted by atomic mass is 10.00. The number of imidazole rings is 1. The van der Waals surface area contributed by atoms with Crippen molar-refractivity contribution in [1.29, 1.82) is 0 Å². The third-order valence-electron chi connectivity index (χ3n) is 25.8. The van der Waals surface area contributed by atoms with Crippen molar-refractivity contribution in [2.24, 2.45) is 23.5 Å². The van der Waals surface area contributed by atoms with E-state index in [4.69, 9.17) is 5.73 Å². The van der Waals surface area contributed by atoms with Gasteiger partial charge in [0.05, 0.1) is 44.7 Å². The van der Waals surface area contributed by atoms with Gasteiger partial charge < -0.3 is 135 Å². The number of para-hydroxylation sites is 1. The van der Waals surface area contributed by atoms with Crippen LogP contribution in [0.4, 0.5) is 0 Å². The summed E-state index contributed by atoms with van der Waals surface area (Å²) in [5.41, 5.74) is 9.18. The molecule has 149 heavy (non-hydrogen) atoms. The van der Waals surface area contributed by atoms with Gasteiger partial charge >= 0.3 is 11.9 Å². The molecule has 3 aliphatic rings. The maximum atomic E-state index is 15.2. The number of carboxylic acids is 2. The second-order valence-corrected chi connectivity index (χ2v) is 39.8. The largest absolute Gasteiger partial charge is 0.481 e. The van der Waals surface area contributed by atoms with Crippen molar-refractivity contribution in [3.05, 3.63) is 162 Å². The zero-order chi connectivity index (χ0) is 109. The third kappa shape index (κ3) is 34.8. The van der Waals surface area contributed by atoms with Crippen LogP contribution in [0.15, 0.2) is 134 Å². The van der Waals surface area contributed by atoms with Crippen LogP contribution < -0.4 is 80.2 Å². The first-order valence-corrected chi connectivity index (χ1v) is 51.7. The molecule has 3 fully saturated rings. The number of nitrogens with two attached hydrogens (primary N) is 1. The van der Waals surface area contributed by atoms with E-state index in [-0.39, 0.29) is 115 Å². The van der Waals surface area contributed by atoms with Crippen molar-refractivity contribution in [3.8, 4) is 0 Å². The number of hydrogen-bond donors (Lipinski definition) is 24. The van der Waals surface area contributed by atoms with Gasteiger partial charge in [0.25, 0.3) is 0 Å². The predicted molar refractivity (Wildman–Crippen MR) is 547 cm³/mol. The number of aromatic nitrogens is 3. The molecule has 24 N–H and O–H groups in total. The SMILES string of the molecule is CSCC[C@H](N)C(=O)N[C@H](C(=O)N[C@H](C(=O)N[C@@H](Cc1c[nH]c2ccccc12)C(=O)N[C@@H](Cc1cnc[nH]1)C(=O)N[C@@H](CO)C(=O)N1CCC[C@H]1C(=O)N[C@@H](CS)C(=O)N[C@@H](CO)C(=O)N[C@@H](CO)C(=O)N[C@@H](CC(C)C)C(=O)N[C@@H](Cc1ccccc1)C(=O)N1CCC[C@H]1C(=O)N[C@@H](CC(=O)O)C(=O)N[C@@H](Cc1ccccc1)C(=O)N1CCC[C@H]1C(=O)N[C@@H](Cc1ccccc1)C(=O)N[C@@H](CC(C)C)C(=O)O)[C@@H](C)O)C(C)C. The van der Waals surface area contributed by atoms with E-state index in [1.165, 1.54) is 36.1 Å². The van der Waals surface area contributed by atoms with Crippen LogP contribution in [-0.2, 0) is 123 Å². The summed E-state index contributed by atoms with van der Waals surface area (Å²) < 4.78 is 0. The summed E-state index contributed by atoms with van der Waals surface area (Å²) in [7, 11) is 0. The monoisotopic (exact) mass is 2110 g/mol. The molecule has 0 spiro atoms. The molecule has 19 atom stereocenters. The highest BCUT2D eigenvalue weighted by atomic mass is 32.2. The molecule has 17 amide bonds. The lowest BCUT2D eigenvalue weighted by Gasteiger charge is -2.32. The minimum atomic E-state index is -1.93. The number of fused-ring (bicyclic) bond motifs is 1. The number of thiol groups is 1. The number of thioether (sulfide) groups is 1. The van der Waals surface area contributed by atoms with Gasteiger partial charge in [-0.1, -0.05) is 151 Å². The smallest absolute Gasteiger partial charge is 0.326 e. The third-order valence-corrected chi connectivity index (χ3v) is 26.8. The molecule has 0 unspecified atom stereocenters. The summed E-state index contributed by atoms with van der Waals surface area (Å²) >= 11 is 5.73. The summed E-state index contributed by atoms with van der Waals surface area (Å²) in [5, 5.41) is 99.7. The maximum Gasteiger partial charge on any atom is 0.326 e. The topological polar surface area (TPSA) is 694 Å². The number of benzene rings is 4. The number of nitrogens with zero attached hydrogens (tertiary/aromatic N) is 4. The highest BCUT2D eigenvalue weighted by Gasteiger charge is 2.47. The Bertz CT molecular complexity index is 5590. The molecular weight excluding hydrogens is 1970 g/mol. The highest BCUT2D eigenvalue weighted by molar-refractivity contribution is 7.98. The van der Waals surface area contributed by atoms with Crippen LogP contribution >= 0.6 is 24.4 Å². The zero-order valence-electron chi connectivity index (χ0n) is 84.3. The van der Waals surface area contributed by atoms with Gasteiger partial charge in [0.1, 0.15) is 103 Å². The highest BCUT2D eigenvalue weighted by Crippen LogP contribution is 2.27. The fourth-order valence-corrected chi connectivity index (χ4v) is 18.6. The lowest BCUT2D eigenvalue weighted by molar-refractivity contribution is -0.145. The van der Waals surface area contributed by atoms with Crippen molar-refractivity contribution in [3.63, 3.8) is 0 Å². The maximum absolute atomic E-state index is 15.2. The molecule has 48 heteroatoms. The van der Waals surface area contributed by atoms with Crippen molar-refractivity contribution in [1.82, 2.24) is 104 Å². The van der Waals surface area contributed by atoms with E-state index in [1.54, 1.807) is 163 Å². The zero-order valence-corrected chi connectivity index (χ0v) is 86.0. The molecule has 0 bridgehead atoms. The molecule has 810 valence electrons. The molecule has 2 aromatic heterocycles. The van der Waals surface area contributed by atoms with Crippen molar-refractivity contribution in [2.45, 2.75) is 260 Å². The first kappa shape index (κ1) is 119. The molecule has 3 aliphatic heterocycles. The number of nitrogens with one attached hydrogen (secondary N) is 16. The molecule has 46 nitrogen and oxygen atoms in total. The van der Waals surface area contributed by atoms with Gasteiger partial charge in [0.2, 0.25) is 100 Å². The number of carbonyl (C=O) groups excluding carboxylic acids is 17. The van der Waals surface area contributed by atoms with Gasteiger partial charge in [0, 0.05) is 86.5 Å². The van der Waals surface area contributed by atoms with Gasteiger partial charge in [-0.05, 0) is 123 Å². The fourth-order valence-electron chi connectivity index (χ4n) is 17.8. The van der Waals surface area contributed by atoms with Crippen LogP contribution in [-0.4, -0.2) is 345 Å². The Morgan fingerprint density at radius 2 is 0.785 bits per heavy atom.